The van der Waals surface area contributed by atoms with Gasteiger partial charge >= 0.3 is 5.69 Å². The van der Waals surface area contributed by atoms with Gasteiger partial charge in [-0.25, -0.2) is 23.1 Å². The zero-order valence-corrected chi connectivity index (χ0v) is 34.4. The first-order valence-electron chi connectivity index (χ1n) is 21.4. The van der Waals surface area contributed by atoms with Gasteiger partial charge in [-0.15, -0.1) is 0 Å². The molecule has 7 heterocycles. The van der Waals surface area contributed by atoms with Crippen molar-refractivity contribution in [1.82, 2.24) is 43.7 Å². The maximum absolute atomic E-state index is 14.3. The quantitative estimate of drug-likeness (QED) is 0.173. The molecule has 0 radical (unpaired) electrons. The molecule has 1 atom stereocenters. The molecule has 5 aromatic rings. The number of aliphatic hydroxyl groups excluding tert-OH is 1. The largest absolute Gasteiger partial charge is 0.393 e. The number of fused-ring (bicyclic) bond motifs is 2. The number of alkyl halides is 2. The van der Waals surface area contributed by atoms with Crippen molar-refractivity contribution < 1.29 is 28.3 Å². The minimum absolute atomic E-state index is 0.0286. The van der Waals surface area contributed by atoms with E-state index in [1.807, 2.05) is 23.1 Å². The Kier molecular flexibility index (Phi) is 11.1. The zero-order chi connectivity index (χ0) is 42.5. The number of halogens is 2. The third-order valence-corrected chi connectivity index (χ3v) is 13.4. The first-order valence-corrected chi connectivity index (χ1v) is 21.4. The number of aromatic nitrogens is 7. The van der Waals surface area contributed by atoms with Crippen LogP contribution in [-0.2, 0) is 16.6 Å². The lowest BCUT2D eigenvalue weighted by atomic mass is 9.85. The van der Waals surface area contributed by atoms with Crippen molar-refractivity contribution in [2.75, 3.05) is 54.9 Å². The molecule has 4 fully saturated rings. The van der Waals surface area contributed by atoms with Gasteiger partial charge in [0.15, 0.2) is 11.3 Å². The molecule has 61 heavy (non-hydrogen) atoms. The molecular weight excluding hydrogens is 791 g/mol. The second-order valence-electron chi connectivity index (χ2n) is 17.1. The van der Waals surface area contributed by atoms with E-state index in [0.29, 0.717) is 54.9 Å². The number of nitrogens with one attached hydrogen (secondary N) is 2. The highest BCUT2D eigenvalue weighted by Gasteiger charge is 2.34. The van der Waals surface area contributed by atoms with Gasteiger partial charge in [0.25, 0.3) is 12.3 Å². The predicted octanol–water partition coefficient (Wildman–Crippen LogP) is 4.04. The Balaban J connectivity index is 0.799. The van der Waals surface area contributed by atoms with Crippen LogP contribution in [0.15, 0.2) is 47.7 Å². The highest BCUT2D eigenvalue weighted by molar-refractivity contribution is 6.08. The number of hydrogen-bond acceptors (Lipinski definition) is 11. The third-order valence-electron chi connectivity index (χ3n) is 13.4. The summed E-state index contributed by atoms with van der Waals surface area (Å²) in [4.78, 5) is 63.0. The normalized spacial score (nSPS) is 22.2. The lowest BCUT2D eigenvalue weighted by Gasteiger charge is -2.40. The summed E-state index contributed by atoms with van der Waals surface area (Å²) < 4.78 is 34.8. The van der Waals surface area contributed by atoms with E-state index in [1.165, 1.54) is 21.5 Å². The van der Waals surface area contributed by atoms with Gasteiger partial charge in [0.05, 0.1) is 40.8 Å². The number of anilines is 3. The van der Waals surface area contributed by atoms with Crippen molar-refractivity contribution in [3.63, 3.8) is 0 Å². The van der Waals surface area contributed by atoms with E-state index in [9.17, 15) is 33.1 Å². The fourth-order valence-corrected chi connectivity index (χ4v) is 9.93. The summed E-state index contributed by atoms with van der Waals surface area (Å²) in [6.45, 7) is 3.81. The summed E-state index contributed by atoms with van der Waals surface area (Å²) >= 11 is 0. The van der Waals surface area contributed by atoms with Crippen molar-refractivity contribution in [2.24, 2.45) is 13.0 Å². The van der Waals surface area contributed by atoms with Crippen molar-refractivity contribution in [2.45, 2.75) is 94.9 Å². The summed E-state index contributed by atoms with van der Waals surface area (Å²) in [6, 6.07) is 7.19. The molecule has 3 N–H and O–H groups in total. The van der Waals surface area contributed by atoms with Gasteiger partial charge in [0.2, 0.25) is 11.8 Å². The lowest BCUT2D eigenvalue weighted by molar-refractivity contribution is -0.135. The van der Waals surface area contributed by atoms with Crippen LogP contribution in [0.4, 0.5) is 26.0 Å². The molecule has 4 aromatic heterocycles. The Morgan fingerprint density at radius 2 is 1.72 bits per heavy atom. The van der Waals surface area contributed by atoms with Crippen LogP contribution in [-0.4, -0.2) is 113 Å². The number of imide groups is 1. The Labute approximate surface area is 350 Å². The molecule has 1 aromatic carbocycles. The molecule has 4 aliphatic rings. The Bertz CT molecular complexity index is 2510. The van der Waals surface area contributed by atoms with E-state index < -0.39 is 30.0 Å². The highest BCUT2D eigenvalue weighted by Crippen LogP contribution is 2.37. The molecule has 1 unspecified atom stereocenters. The second kappa shape index (κ2) is 16.6. The van der Waals surface area contributed by atoms with Gasteiger partial charge in [-0.3, -0.25) is 33.5 Å². The van der Waals surface area contributed by atoms with E-state index in [1.54, 1.807) is 28.6 Å². The minimum Gasteiger partial charge on any atom is -0.393 e. The van der Waals surface area contributed by atoms with Gasteiger partial charge in [0.1, 0.15) is 17.4 Å². The van der Waals surface area contributed by atoms with Crippen LogP contribution in [0.1, 0.15) is 98.8 Å². The second-order valence-corrected chi connectivity index (χ2v) is 17.1. The summed E-state index contributed by atoms with van der Waals surface area (Å²) in [6.07, 6.45) is 8.41. The number of aliphatic hydroxyl groups is 1. The van der Waals surface area contributed by atoms with E-state index in [2.05, 4.69) is 42.7 Å². The summed E-state index contributed by atoms with van der Waals surface area (Å²) in [7, 11) is 3.91. The molecule has 1 saturated carbocycles. The molecule has 3 amide bonds. The van der Waals surface area contributed by atoms with Crippen LogP contribution in [0, 0.1) is 5.92 Å². The van der Waals surface area contributed by atoms with Crippen LogP contribution in [0.25, 0.3) is 16.7 Å². The van der Waals surface area contributed by atoms with Gasteiger partial charge in [-0.1, -0.05) is 6.07 Å². The van der Waals surface area contributed by atoms with E-state index in [4.69, 9.17) is 0 Å². The summed E-state index contributed by atoms with van der Waals surface area (Å²) in [5.74, 6) is -0.264. The molecule has 17 nitrogen and oxygen atoms in total. The van der Waals surface area contributed by atoms with Crippen molar-refractivity contribution in [3.8, 4) is 0 Å². The van der Waals surface area contributed by atoms with Gasteiger partial charge in [0, 0.05) is 64.6 Å². The lowest BCUT2D eigenvalue weighted by Crippen LogP contribution is -2.45. The number of amides is 3. The molecule has 0 spiro atoms. The first-order chi connectivity index (χ1) is 29.4. The van der Waals surface area contributed by atoms with Crippen LogP contribution in [0.5, 0.6) is 0 Å². The number of carbonyl (C=O) groups excluding carboxylic acids is 3. The van der Waals surface area contributed by atoms with Crippen LogP contribution >= 0.6 is 0 Å². The smallest absolute Gasteiger partial charge is 0.329 e. The number of para-hydroxylation sites is 1. The van der Waals surface area contributed by atoms with E-state index in [-0.39, 0.29) is 47.8 Å². The standard InChI is InChI=1S/C42H52F2N12O5/c1-50(26-12-17-52(18-13-26)31-4-3-5-32-37(31)51(2)42(61)56(32)33-10-11-35(58)48-41(33)60)23-25-6-8-27(9-7-25)55-24-30(36(49-55)38(43)44)46-40(59)29-22-45-54-21-16-34(47-39(29)54)53-19-14-28(57)15-20-53/h3-5,16,21-22,24-28,33,38,57H,6-15,17-20,23H2,1-2H3,(H,46,59)(H,48,58,60). The van der Waals surface area contributed by atoms with Crippen LogP contribution in [0.2, 0.25) is 0 Å². The fourth-order valence-electron chi connectivity index (χ4n) is 9.93. The molecule has 1 aliphatic carbocycles. The maximum atomic E-state index is 14.3. The number of hydrogen-bond donors (Lipinski definition) is 3. The van der Waals surface area contributed by atoms with E-state index in [0.717, 1.165) is 69.4 Å². The Morgan fingerprint density at radius 1 is 0.984 bits per heavy atom. The molecule has 0 bridgehead atoms. The number of aryl methyl sites for hydroxylation is 1. The monoisotopic (exact) mass is 842 g/mol. The molecule has 9 rings (SSSR count). The summed E-state index contributed by atoms with van der Waals surface area (Å²) in [5, 5.41) is 23.5. The molecule has 324 valence electrons. The average Bonchev–Trinajstić information content (AvgIpc) is 3.95. The number of piperidine rings is 3. The average molecular weight is 843 g/mol. The van der Waals surface area contributed by atoms with Crippen molar-refractivity contribution in [1.29, 1.82) is 0 Å². The zero-order valence-electron chi connectivity index (χ0n) is 34.4. The Morgan fingerprint density at radius 3 is 2.44 bits per heavy atom. The number of benzene rings is 1. The molecular formula is C42H52F2N12O5. The van der Waals surface area contributed by atoms with Gasteiger partial charge in [-0.05, 0) is 89.0 Å². The SMILES string of the molecule is CN(CC1CCC(n2cc(NC(=O)c3cnn4ccc(N5CCC(O)CC5)nc34)c(C(F)F)n2)CC1)C1CCN(c2cccc3c2n(C)c(=O)n3C2CCC(=O)NC2=O)CC1. The predicted molar refractivity (Wildman–Crippen MR) is 223 cm³/mol. The number of rotatable bonds is 10. The number of imidazole rings is 1. The third kappa shape index (κ3) is 7.88. The fraction of sp³-hybridized carbons (Fsp3) is 0.548. The first kappa shape index (κ1) is 40.7. The number of nitrogens with zero attached hydrogens (tertiary/aromatic N) is 10. The molecule has 3 aliphatic heterocycles. The van der Waals surface area contributed by atoms with Gasteiger partial charge < -0.3 is 25.1 Å². The Hall–Kier alpha value is -5.69. The summed E-state index contributed by atoms with van der Waals surface area (Å²) in [5.41, 5.74) is 2.11. The van der Waals surface area contributed by atoms with Crippen LogP contribution in [0.3, 0.4) is 0 Å². The maximum Gasteiger partial charge on any atom is 0.329 e. The molecule has 19 heteroatoms. The van der Waals surface area contributed by atoms with Gasteiger partial charge in [-0.2, -0.15) is 10.2 Å². The van der Waals surface area contributed by atoms with Crippen molar-refractivity contribution in [3.05, 3.63) is 64.6 Å². The van der Waals surface area contributed by atoms with Crippen LogP contribution < -0.4 is 26.1 Å². The van der Waals surface area contributed by atoms with Crippen molar-refractivity contribution >= 4 is 51.6 Å². The number of carbonyl (C=O) groups is 3. The molecule has 3 saturated heterocycles. The van der Waals surface area contributed by atoms with E-state index >= 15 is 0 Å². The topological polar surface area (TPSA) is 180 Å². The minimum atomic E-state index is -2.88. The highest BCUT2D eigenvalue weighted by atomic mass is 19.3.